The summed E-state index contributed by atoms with van der Waals surface area (Å²) in [6.07, 6.45) is 2.19. The van der Waals surface area contributed by atoms with Crippen LogP contribution in [-0.4, -0.2) is 22.4 Å². The lowest BCUT2D eigenvalue weighted by Crippen LogP contribution is -2.19. The highest BCUT2D eigenvalue weighted by Gasteiger charge is 2.22. The first-order valence-corrected chi connectivity index (χ1v) is 8.06. The number of hydrogen-bond acceptors (Lipinski definition) is 4. The number of halogens is 2. The fraction of sp³-hybridized carbons (Fsp3) is 0.105. The Kier molecular flexibility index (Phi) is 4.04. The van der Waals surface area contributed by atoms with Crippen molar-refractivity contribution in [3.8, 4) is 0 Å². The van der Waals surface area contributed by atoms with E-state index in [-0.39, 0.29) is 11.4 Å². The molecule has 0 atom stereocenters. The molecule has 4 rings (SSSR count). The minimum atomic E-state index is -0.846. The molecule has 3 aromatic rings. The Morgan fingerprint density at radius 1 is 1.08 bits per heavy atom. The van der Waals surface area contributed by atoms with Gasteiger partial charge in [0.05, 0.1) is 5.69 Å². The smallest absolute Gasteiger partial charge is 0.274 e. The first kappa shape index (κ1) is 16.1. The molecule has 1 aliphatic rings. The van der Waals surface area contributed by atoms with Gasteiger partial charge in [-0.05, 0) is 30.2 Å². The van der Waals surface area contributed by atoms with Crippen molar-refractivity contribution in [2.24, 2.45) is 0 Å². The predicted octanol–water partition coefficient (Wildman–Crippen LogP) is 3.70. The molecule has 130 valence electrons. The molecule has 0 aliphatic carbocycles. The zero-order chi connectivity index (χ0) is 18.1. The van der Waals surface area contributed by atoms with E-state index in [1.807, 2.05) is 23.1 Å². The summed E-state index contributed by atoms with van der Waals surface area (Å²) in [5, 5.41) is 2.40. The highest BCUT2D eigenvalue weighted by Crippen LogP contribution is 2.33. The maximum absolute atomic E-state index is 13.7. The second kappa shape index (κ2) is 6.51. The average Bonchev–Trinajstić information content (AvgIpc) is 3.08. The average molecular weight is 352 g/mol. The molecule has 2 aromatic carbocycles. The Labute approximate surface area is 148 Å². The molecule has 0 fully saturated rings. The molecule has 5 nitrogen and oxygen atoms in total. The van der Waals surface area contributed by atoms with Crippen molar-refractivity contribution in [2.45, 2.75) is 6.42 Å². The van der Waals surface area contributed by atoms with Gasteiger partial charge in [-0.2, -0.15) is 0 Å². The van der Waals surface area contributed by atoms with E-state index in [0.29, 0.717) is 11.9 Å². The van der Waals surface area contributed by atoms with E-state index in [1.54, 1.807) is 6.07 Å². The fourth-order valence-corrected chi connectivity index (χ4v) is 2.97. The number of benzene rings is 2. The van der Waals surface area contributed by atoms with Gasteiger partial charge in [-0.15, -0.1) is 0 Å². The van der Waals surface area contributed by atoms with E-state index in [2.05, 4.69) is 21.4 Å². The van der Waals surface area contributed by atoms with Crippen LogP contribution < -0.4 is 10.2 Å². The Morgan fingerprint density at radius 2 is 1.92 bits per heavy atom. The number of carbonyl (C=O) groups excluding carboxylic acids is 1. The first-order valence-electron chi connectivity index (χ1n) is 8.06. The van der Waals surface area contributed by atoms with Gasteiger partial charge in [-0.1, -0.05) is 18.2 Å². The number of amides is 1. The Bertz CT molecular complexity index is 993. The van der Waals surface area contributed by atoms with E-state index in [4.69, 9.17) is 0 Å². The molecule has 26 heavy (non-hydrogen) atoms. The van der Waals surface area contributed by atoms with Crippen molar-refractivity contribution in [1.29, 1.82) is 0 Å². The lowest BCUT2D eigenvalue weighted by molar-refractivity contribution is 0.102. The molecule has 1 amide bonds. The van der Waals surface area contributed by atoms with Crippen LogP contribution in [0, 0.1) is 11.6 Å². The second-order valence-corrected chi connectivity index (χ2v) is 5.87. The largest absolute Gasteiger partial charge is 0.326 e. The van der Waals surface area contributed by atoms with Gasteiger partial charge in [0.1, 0.15) is 29.5 Å². The number of para-hydroxylation sites is 1. The summed E-state index contributed by atoms with van der Waals surface area (Å²) in [5.41, 5.74) is 2.25. The molecule has 0 radical (unpaired) electrons. The minimum absolute atomic E-state index is 0.100. The first-order chi connectivity index (χ1) is 12.6. The summed E-state index contributed by atoms with van der Waals surface area (Å²) in [6.45, 7) is 0.754. The van der Waals surface area contributed by atoms with E-state index < -0.39 is 17.5 Å². The molecular weight excluding hydrogens is 338 g/mol. The van der Waals surface area contributed by atoms with Crippen molar-refractivity contribution >= 4 is 23.1 Å². The third-order valence-electron chi connectivity index (χ3n) is 4.23. The van der Waals surface area contributed by atoms with Crippen molar-refractivity contribution in [3.05, 3.63) is 77.8 Å². The zero-order valence-corrected chi connectivity index (χ0v) is 13.6. The van der Waals surface area contributed by atoms with Gasteiger partial charge >= 0.3 is 0 Å². The van der Waals surface area contributed by atoms with Crippen LogP contribution in [0.2, 0.25) is 0 Å². The predicted molar refractivity (Wildman–Crippen MR) is 93.5 cm³/mol. The van der Waals surface area contributed by atoms with Gasteiger partial charge in [0.25, 0.3) is 5.91 Å². The summed E-state index contributed by atoms with van der Waals surface area (Å²) in [5.74, 6) is -1.56. The number of hydrogen-bond donors (Lipinski definition) is 1. The molecular formula is C19H14F2N4O. The van der Waals surface area contributed by atoms with Crippen LogP contribution >= 0.6 is 0 Å². The van der Waals surface area contributed by atoms with Gasteiger partial charge < -0.3 is 10.2 Å². The van der Waals surface area contributed by atoms with Crippen molar-refractivity contribution in [2.75, 3.05) is 16.8 Å². The van der Waals surface area contributed by atoms with Gasteiger partial charge in [-0.3, -0.25) is 4.79 Å². The number of fused-ring (bicyclic) bond motifs is 1. The van der Waals surface area contributed by atoms with Crippen molar-refractivity contribution in [1.82, 2.24) is 9.97 Å². The maximum atomic E-state index is 13.7. The molecule has 0 spiro atoms. The molecule has 1 aliphatic heterocycles. The van der Waals surface area contributed by atoms with Crippen LogP contribution in [0.4, 0.5) is 26.0 Å². The summed E-state index contributed by atoms with van der Waals surface area (Å²) in [6, 6.07) is 12.5. The standard InChI is InChI=1S/C19H14F2N4O/c20-13-5-6-15(14(21)9-13)24-19(26)16-10-18(23-11-22-16)25-8-7-12-3-1-2-4-17(12)25/h1-6,9-11H,7-8H2,(H,24,26). The van der Waals surface area contributed by atoms with Crippen LogP contribution in [0.15, 0.2) is 54.9 Å². The van der Waals surface area contributed by atoms with Gasteiger partial charge in [0.15, 0.2) is 0 Å². The third kappa shape index (κ3) is 2.99. The maximum Gasteiger partial charge on any atom is 0.274 e. The van der Waals surface area contributed by atoms with Gasteiger partial charge in [0, 0.05) is 24.4 Å². The van der Waals surface area contributed by atoms with Crippen LogP contribution in [0.5, 0.6) is 0 Å². The van der Waals surface area contributed by atoms with E-state index in [0.717, 1.165) is 24.7 Å². The molecule has 0 unspecified atom stereocenters. The van der Waals surface area contributed by atoms with Gasteiger partial charge in [-0.25, -0.2) is 18.7 Å². The van der Waals surface area contributed by atoms with E-state index in [1.165, 1.54) is 18.0 Å². The number of nitrogens with zero attached hydrogens (tertiary/aromatic N) is 3. The minimum Gasteiger partial charge on any atom is -0.326 e. The number of anilines is 3. The number of aromatic nitrogens is 2. The topological polar surface area (TPSA) is 58.1 Å². The van der Waals surface area contributed by atoms with Crippen molar-refractivity contribution < 1.29 is 13.6 Å². The second-order valence-electron chi connectivity index (χ2n) is 5.87. The Hall–Kier alpha value is -3.35. The summed E-state index contributed by atoms with van der Waals surface area (Å²) < 4.78 is 26.7. The number of rotatable bonds is 3. The normalized spacial score (nSPS) is 12.8. The number of nitrogens with one attached hydrogen (secondary N) is 1. The molecule has 0 saturated heterocycles. The van der Waals surface area contributed by atoms with Gasteiger partial charge in [0.2, 0.25) is 0 Å². The summed E-state index contributed by atoms with van der Waals surface area (Å²) in [4.78, 5) is 22.6. The Morgan fingerprint density at radius 3 is 2.77 bits per heavy atom. The monoisotopic (exact) mass is 352 g/mol. The SMILES string of the molecule is O=C(Nc1ccc(F)cc1F)c1cc(N2CCc3ccccc32)ncn1. The van der Waals surface area contributed by atoms with Crippen LogP contribution in [0.3, 0.4) is 0 Å². The molecule has 7 heteroatoms. The van der Waals surface area contributed by atoms with E-state index >= 15 is 0 Å². The molecule has 0 saturated carbocycles. The number of carbonyl (C=O) groups is 1. The van der Waals surface area contributed by atoms with Crippen LogP contribution in [0.1, 0.15) is 16.1 Å². The molecule has 0 bridgehead atoms. The highest BCUT2D eigenvalue weighted by molar-refractivity contribution is 6.03. The third-order valence-corrected chi connectivity index (χ3v) is 4.23. The molecule has 1 N–H and O–H groups in total. The zero-order valence-electron chi connectivity index (χ0n) is 13.6. The Balaban J connectivity index is 1.59. The van der Waals surface area contributed by atoms with Crippen molar-refractivity contribution in [3.63, 3.8) is 0 Å². The lowest BCUT2D eigenvalue weighted by Gasteiger charge is -2.18. The lowest BCUT2D eigenvalue weighted by atomic mass is 10.2. The fourth-order valence-electron chi connectivity index (χ4n) is 2.97. The van der Waals surface area contributed by atoms with E-state index in [9.17, 15) is 13.6 Å². The highest BCUT2D eigenvalue weighted by atomic mass is 19.1. The summed E-state index contributed by atoms with van der Waals surface area (Å²) >= 11 is 0. The van der Waals surface area contributed by atoms with Crippen LogP contribution in [0.25, 0.3) is 0 Å². The van der Waals surface area contributed by atoms with Crippen LogP contribution in [-0.2, 0) is 6.42 Å². The molecule has 2 heterocycles. The quantitative estimate of drug-likeness (QED) is 0.781. The summed E-state index contributed by atoms with van der Waals surface area (Å²) in [7, 11) is 0. The molecule has 1 aromatic heterocycles.